The number of halogens is 2. The molecule has 1 heterocycles. The predicted molar refractivity (Wildman–Crippen MR) is 89.4 cm³/mol. The van der Waals surface area contributed by atoms with Gasteiger partial charge in [-0.2, -0.15) is 0 Å². The molecular formula is C16H19Cl2NS. The quantitative estimate of drug-likeness (QED) is 0.660. The van der Waals surface area contributed by atoms with Gasteiger partial charge in [0.15, 0.2) is 0 Å². The molecule has 2 aromatic rings. The first-order chi connectivity index (χ1) is 9.40. The fourth-order valence-corrected chi connectivity index (χ4v) is 3.57. The van der Waals surface area contributed by atoms with Crippen LogP contribution in [0.2, 0.25) is 5.02 Å². The second-order valence-corrected chi connectivity index (χ2v) is 7.67. The van der Waals surface area contributed by atoms with Crippen molar-refractivity contribution in [1.29, 1.82) is 0 Å². The molecule has 0 radical (unpaired) electrons. The van der Waals surface area contributed by atoms with E-state index in [1.54, 1.807) is 11.3 Å². The number of hydrogen-bond acceptors (Lipinski definition) is 2. The molecule has 1 aromatic carbocycles. The first-order valence-corrected chi connectivity index (χ1v) is 8.45. The van der Waals surface area contributed by atoms with Gasteiger partial charge in [0.2, 0.25) is 0 Å². The summed E-state index contributed by atoms with van der Waals surface area (Å²) in [5, 5.41) is 4.05. The largest absolute Gasteiger partial charge is 0.246 e. The van der Waals surface area contributed by atoms with Crippen molar-refractivity contribution < 1.29 is 0 Å². The highest BCUT2D eigenvalue weighted by Crippen LogP contribution is 2.29. The van der Waals surface area contributed by atoms with E-state index >= 15 is 0 Å². The lowest BCUT2D eigenvalue weighted by atomic mass is 9.93. The van der Waals surface area contributed by atoms with Gasteiger partial charge in [-0.05, 0) is 17.7 Å². The molecule has 20 heavy (non-hydrogen) atoms. The standard InChI is InChI=1S/C16H19Cl2NS/c1-16(2,3)14-10-20-15(19-14)8-12(9-17)11-5-4-6-13(18)7-11/h4-7,10,12H,8-9H2,1-3H3. The summed E-state index contributed by atoms with van der Waals surface area (Å²) in [5.41, 5.74) is 2.43. The molecule has 0 saturated heterocycles. The fourth-order valence-electron chi connectivity index (χ4n) is 1.98. The predicted octanol–water partition coefficient (Wildman–Crippen LogP) is 5.66. The van der Waals surface area contributed by atoms with Crippen LogP contribution in [-0.2, 0) is 11.8 Å². The van der Waals surface area contributed by atoms with Gasteiger partial charge in [-0.3, -0.25) is 0 Å². The van der Waals surface area contributed by atoms with Crippen molar-refractivity contribution in [3.63, 3.8) is 0 Å². The third-order valence-electron chi connectivity index (χ3n) is 3.25. The van der Waals surface area contributed by atoms with Gasteiger partial charge in [-0.25, -0.2) is 4.98 Å². The minimum absolute atomic E-state index is 0.0985. The zero-order chi connectivity index (χ0) is 14.8. The number of thiazole rings is 1. The lowest BCUT2D eigenvalue weighted by molar-refractivity contribution is 0.569. The molecule has 0 aliphatic heterocycles. The van der Waals surface area contributed by atoms with E-state index in [0.717, 1.165) is 22.1 Å². The average Bonchev–Trinajstić information content (AvgIpc) is 2.84. The summed E-state index contributed by atoms with van der Waals surface area (Å²) in [4.78, 5) is 4.74. The topological polar surface area (TPSA) is 12.9 Å². The minimum atomic E-state index is 0.0985. The molecule has 4 heteroatoms. The van der Waals surface area contributed by atoms with Crippen LogP contribution in [0.15, 0.2) is 29.6 Å². The van der Waals surface area contributed by atoms with Crippen LogP contribution >= 0.6 is 34.5 Å². The molecule has 0 amide bonds. The number of benzene rings is 1. The van der Waals surface area contributed by atoms with Crippen molar-refractivity contribution in [3.05, 3.63) is 50.9 Å². The molecular weight excluding hydrogens is 309 g/mol. The zero-order valence-electron chi connectivity index (χ0n) is 12.0. The number of nitrogens with zero attached hydrogens (tertiary/aromatic N) is 1. The van der Waals surface area contributed by atoms with Gasteiger partial charge in [0.25, 0.3) is 0 Å². The highest BCUT2D eigenvalue weighted by molar-refractivity contribution is 7.09. The maximum Gasteiger partial charge on any atom is 0.0935 e. The van der Waals surface area contributed by atoms with E-state index in [9.17, 15) is 0 Å². The Morgan fingerprint density at radius 1 is 1.30 bits per heavy atom. The summed E-state index contributed by atoms with van der Waals surface area (Å²) in [5.74, 6) is 0.833. The third kappa shape index (κ3) is 3.97. The first kappa shape index (κ1) is 15.8. The van der Waals surface area contributed by atoms with Gasteiger partial charge in [0, 0.05) is 34.0 Å². The van der Waals surface area contributed by atoms with Crippen molar-refractivity contribution in [2.75, 3.05) is 5.88 Å². The van der Waals surface area contributed by atoms with Crippen LogP contribution in [-0.4, -0.2) is 10.9 Å². The summed E-state index contributed by atoms with van der Waals surface area (Å²) >= 11 is 13.9. The number of hydrogen-bond donors (Lipinski definition) is 0. The second kappa shape index (κ2) is 6.46. The smallest absolute Gasteiger partial charge is 0.0935 e. The Hall–Kier alpha value is -0.570. The van der Waals surface area contributed by atoms with E-state index < -0.39 is 0 Å². The molecule has 1 aromatic heterocycles. The van der Waals surface area contributed by atoms with Gasteiger partial charge >= 0.3 is 0 Å². The second-order valence-electron chi connectivity index (χ2n) is 5.99. The zero-order valence-corrected chi connectivity index (χ0v) is 14.3. The molecule has 0 N–H and O–H groups in total. The van der Waals surface area contributed by atoms with Crippen LogP contribution < -0.4 is 0 Å². The van der Waals surface area contributed by atoms with Crippen molar-refractivity contribution >= 4 is 34.5 Å². The Morgan fingerprint density at radius 3 is 2.60 bits per heavy atom. The van der Waals surface area contributed by atoms with Crippen LogP contribution in [0.3, 0.4) is 0 Å². The average molecular weight is 328 g/mol. The molecule has 108 valence electrons. The summed E-state index contributed by atoms with van der Waals surface area (Å²) in [7, 11) is 0. The van der Waals surface area contributed by atoms with Crippen LogP contribution in [0.5, 0.6) is 0 Å². The number of aromatic nitrogens is 1. The molecule has 0 aliphatic carbocycles. The Labute approximate surface area is 135 Å². The van der Waals surface area contributed by atoms with E-state index in [4.69, 9.17) is 28.2 Å². The van der Waals surface area contributed by atoms with E-state index in [0.29, 0.717) is 5.88 Å². The van der Waals surface area contributed by atoms with E-state index in [-0.39, 0.29) is 11.3 Å². The van der Waals surface area contributed by atoms with Crippen LogP contribution in [0.1, 0.15) is 43.0 Å². The summed E-state index contributed by atoms with van der Waals surface area (Å²) in [6.07, 6.45) is 0.866. The van der Waals surface area contributed by atoms with Crippen molar-refractivity contribution in [2.45, 2.75) is 38.5 Å². The molecule has 0 saturated carbocycles. The van der Waals surface area contributed by atoms with Gasteiger partial charge in [-0.1, -0.05) is 44.5 Å². The van der Waals surface area contributed by atoms with Crippen LogP contribution in [0.25, 0.3) is 0 Å². The van der Waals surface area contributed by atoms with Crippen molar-refractivity contribution in [2.24, 2.45) is 0 Å². The molecule has 0 aliphatic rings. The van der Waals surface area contributed by atoms with Gasteiger partial charge in [-0.15, -0.1) is 22.9 Å². The van der Waals surface area contributed by atoms with Crippen molar-refractivity contribution in [3.8, 4) is 0 Å². The maximum atomic E-state index is 6.13. The SMILES string of the molecule is CC(C)(C)c1csc(CC(CCl)c2cccc(Cl)c2)n1. The summed E-state index contributed by atoms with van der Waals surface area (Å²) in [6.45, 7) is 6.55. The van der Waals surface area contributed by atoms with Crippen LogP contribution in [0.4, 0.5) is 0 Å². The van der Waals surface area contributed by atoms with E-state index in [2.05, 4.69) is 32.2 Å². The van der Waals surface area contributed by atoms with E-state index in [1.165, 1.54) is 5.56 Å². The monoisotopic (exact) mass is 327 g/mol. The Balaban J connectivity index is 2.16. The molecule has 0 fully saturated rings. The van der Waals surface area contributed by atoms with E-state index in [1.807, 2.05) is 18.2 Å². The molecule has 2 rings (SSSR count). The Morgan fingerprint density at radius 2 is 2.05 bits per heavy atom. The normalized spacial score (nSPS) is 13.4. The minimum Gasteiger partial charge on any atom is -0.246 e. The summed E-state index contributed by atoms with van der Waals surface area (Å²) in [6, 6.07) is 7.93. The van der Waals surface area contributed by atoms with Crippen LogP contribution in [0, 0.1) is 0 Å². The molecule has 1 nitrogen and oxygen atoms in total. The lowest BCUT2D eigenvalue weighted by Crippen LogP contribution is -2.12. The molecule has 1 atom stereocenters. The number of rotatable bonds is 4. The molecule has 1 unspecified atom stereocenters. The highest BCUT2D eigenvalue weighted by Gasteiger charge is 2.19. The Kier molecular flexibility index (Phi) is 5.11. The van der Waals surface area contributed by atoms with Gasteiger partial charge in [0.1, 0.15) is 0 Å². The molecule has 0 spiro atoms. The summed E-state index contributed by atoms with van der Waals surface area (Å²) < 4.78 is 0. The lowest BCUT2D eigenvalue weighted by Gasteiger charge is -2.15. The van der Waals surface area contributed by atoms with Gasteiger partial charge < -0.3 is 0 Å². The number of alkyl halides is 1. The van der Waals surface area contributed by atoms with Gasteiger partial charge in [0.05, 0.1) is 10.7 Å². The first-order valence-electron chi connectivity index (χ1n) is 6.66. The maximum absolute atomic E-state index is 6.13. The highest BCUT2D eigenvalue weighted by atomic mass is 35.5. The fraction of sp³-hybridized carbons (Fsp3) is 0.438. The molecule has 0 bridgehead atoms. The third-order valence-corrected chi connectivity index (χ3v) is 4.73. The Bertz CT molecular complexity index is 572. The van der Waals surface area contributed by atoms with Crippen molar-refractivity contribution in [1.82, 2.24) is 4.98 Å².